The summed E-state index contributed by atoms with van der Waals surface area (Å²) in [5.41, 5.74) is 2.31. The second kappa shape index (κ2) is 7.83. The number of hydrogen-bond acceptors (Lipinski definition) is 4. The maximum Gasteiger partial charge on any atom is 0.228 e. The van der Waals surface area contributed by atoms with Gasteiger partial charge < -0.3 is 9.64 Å². The Morgan fingerprint density at radius 2 is 2.04 bits per heavy atom. The van der Waals surface area contributed by atoms with Gasteiger partial charge in [0.05, 0.1) is 18.2 Å². The maximum absolute atomic E-state index is 12.7. The summed E-state index contributed by atoms with van der Waals surface area (Å²) in [6.07, 6.45) is 2.14. The maximum atomic E-state index is 12.7. The highest BCUT2D eigenvalue weighted by Crippen LogP contribution is 2.45. The molecule has 3 rings (SSSR count). The minimum atomic E-state index is 0.0339. The zero-order valence-corrected chi connectivity index (χ0v) is 15.8. The summed E-state index contributed by atoms with van der Waals surface area (Å²) in [4.78, 5) is 21.9. The van der Waals surface area contributed by atoms with Crippen molar-refractivity contribution in [3.63, 3.8) is 0 Å². The minimum Gasteiger partial charge on any atom is -0.381 e. The van der Waals surface area contributed by atoms with Crippen molar-refractivity contribution in [2.75, 3.05) is 39.4 Å². The van der Waals surface area contributed by atoms with Crippen molar-refractivity contribution in [1.82, 2.24) is 14.8 Å². The number of aryl methyl sites for hydroxylation is 1. The van der Waals surface area contributed by atoms with Gasteiger partial charge in [-0.25, -0.2) is 0 Å². The molecule has 0 bridgehead atoms. The molecule has 0 aliphatic carbocycles. The Hall–Kier alpha value is -1.46. The molecule has 1 aromatic heterocycles. The number of likely N-dealkylation sites (tertiary alicyclic amines) is 2. The molecule has 5 nitrogen and oxygen atoms in total. The molecule has 0 N–H and O–H groups in total. The number of carbonyl (C=O) groups is 1. The van der Waals surface area contributed by atoms with Gasteiger partial charge >= 0.3 is 0 Å². The molecule has 25 heavy (non-hydrogen) atoms. The molecule has 1 amide bonds. The highest BCUT2D eigenvalue weighted by Gasteiger charge is 2.52. The lowest BCUT2D eigenvalue weighted by Gasteiger charge is -2.41. The average Bonchev–Trinajstić information content (AvgIpc) is 2.87. The summed E-state index contributed by atoms with van der Waals surface area (Å²) < 4.78 is 5.67. The van der Waals surface area contributed by atoms with Crippen LogP contribution in [0.15, 0.2) is 18.2 Å². The van der Waals surface area contributed by atoms with Crippen LogP contribution in [0.5, 0.6) is 0 Å². The zero-order chi connectivity index (χ0) is 17.9. The number of carbonyl (C=O) groups excluding carboxylic acids is 1. The van der Waals surface area contributed by atoms with Crippen LogP contribution in [0.3, 0.4) is 0 Å². The first-order valence-corrected chi connectivity index (χ1v) is 9.59. The summed E-state index contributed by atoms with van der Waals surface area (Å²) in [7, 11) is 0. The Balaban J connectivity index is 1.65. The standard InChI is InChI=1S/C20H31N3O2/c1-4-23-15-20(18(19(23)24)14-25-5-2)9-11-22(12-10-20)13-17-8-6-7-16(3)21-17/h6-8,18H,4-5,9-15H2,1-3H3/t18-/m0/s1. The number of aromatic nitrogens is 1. The van der Waals surface area contributed by atoms with Crippen molar-refractivity contribution in [3.05, 3.63) is 29.6 Å². The Kier molecular flexibility index (Phi) is 5.74. The monoisotopic (exact) mass is 345 g/mol. The molecular weight excluding hydrogens is 314 g/mol. The van der Waals surface area contributed by atoms with Gasteiger partial charge in [-0.3, -0.25) is 14.7 Å². The first kappa shape index (κ1) is 18.3. The van der Waals surface area contributed by atoms with E-state index < -0.39 is 0 Å². The summed E-state index contributed by atoms with van der Waals surface area (Å²) in [6, 6.07) is 6.22. The molecule has 0 radical (unpaired) electrons. The van der Waals surface area contributed by atoms with E-state index >= 15 is 0 Å². The predicted octanol–water partition coefficient (Wildman–Crippen LogP) is 2.49. The van der Waals surface area contributed by atoms with Gasteiger partial charge in [0.1, 0.15) is 0 Å². The van der Waals surface area contributed by atoms with E-state index in [0.29, 0.717) is 19.1 Å². The fourth-order valence-corrected chi connectivity index (χ4v) is 4.38. The van der Waals surface area contributed by atoms with Crippen LogP contribution >= 0.6 is 0 Å². The highest BCUT2D eigenvalue weighted by atomic mass is 16.5. The van der Waals surface area contributed by atoms with Crippen molar-refractivity contribution in [1.29, 1.82) is 0 Å². The van der Waals surface area contributed by atoms with Crippen LogP contribution in [0, 0.1) is 18.3 Å². The molecule has 0 saturated carbocycles. The summed E-state index contributed by atoms with van der Waals surface area (Å²) >= 11 is 0. The van der Waals surface area contributed by atoms with Gasteiger partial charge in [0.15, 0.2) is 0 Å². The molecule has 5 heteroatoms. The molecule has 1 atom stereocenters. The molecule has 2 aliphatic heterocycles. The molecule has 2 saturated heterocycles. The molecule has 0 unspecified atom stereocenters. The van der Waals surface area contributed by atoms with Gasteiger partial charge in [0, 0.05) is 37.4 Å². The molecule has 138 valence electrons. The molecular formula is C20H31N3O2. The van der Waals surface area contributed by atoms with E-state index in [1.165, 1.54) is 0 Å². The smallest absolute Gasteiger partial charge is 0.228 e. The van der Waals surface area contributed by atoms with E-state index in [4.69, 9.17) is 4.74 Å². The van der Waals surface area contributed by atoms with Gasteiger partial charge in [-0.2, -0.15) is 0 Å². The highest BCUT2D eigenvalue weighted by molar-refractivity contribution is 5.82. The molecule has 1 aromatic rings. The second-order valence-electron chi connectivity index (χ2n) is 7.47. The molecule has 0 aromatic carbocycles. The van der Waals surface area contributed by atoms with Crippen molar-refractivity contribution in [2.45, 2.75) is 40.2 Å². The molecule has 3 heterocycles. The Labute approximate surface area is 151 Å². The largest absolute Gasteiger partial charge is 0.381 e. The lowest BCUT2D eigenvalue weighted by atomic mass is 9.71. The first-order valence-electron chi connectivity index (χ1n) is 9.59. The van der Waals surface area contributed by atoms with Crippen LogP contribution in [0.2, 0.25) is 0 Å². The minimum absolute atomic E-state index is 0.0339. The summed E-state index contributed by atoms with van der Waals surface area (Å²) in [5.74, 6) is 0.330. The predicted molar refractivity (Wildman–Crippen MR) is 98.2 cm³/mol. The van der Waals surface area contributed by atoms with E-state index in [2.05, 4.69) is 28.9 Å². The fraction of sp³-hybridized carbons (Fsp3) is 0.700. The number of nitrogens with zero attached hydrogens (tertiary/aromatic N) is 3. The lowest BCUT2D eigenvalue weighted by molar-refractivity contribution is -0.133. The summed E-state index contributed by atoms with van der Waals surface area (Å²) in [5, 5.41) is 0. The quantitative estimate of drug-likeness (QED) is 0.795. The topological polar surface area (TPSA) is 45.7 Å². The van der Waals surface area contributed by atoms with Crippen molar-refractivity contribution < 1.29 is 9.53 Å². The van der Waals surface area contributed by atoms with Gasteiger partial charge in [-0.15, -0.1) is 0 Å². The molecule has 2 fully saturated rings. The Morgan fingerprint density at radius 1 is 1.28 bits per heavy atom. The van der Waals surface area contributed by atoms with Crippen molar-refractivity contribution in [3.8, 4) is 0 Å². The van der Waals surface area contributed by atoms with Crippen molar-refractivity contribution >= 4 is 5.91 Å². The third-order valence-electron chi connectivity index (χ3n) is 5.91. The van der Waals surface area contributed by atoms with Crippen LogP contribution in [0.4, 0.5) is 0 Å². The number of piperidine rings is 1. The number of hydrogen-bond donors (Lipinski definition) is 0. The molecule has 1 spiro atoms. The third kappa shape index (κ3) is 3.87. The van der Waals surface area contributed by atoms with Crippen LogP contribution in [0.25, 0.3) is 0 Å². The zero-order valence-electron chi connectivity index (χ0n) is 15.8. The normalized spacial score (nSPS) is 23.6. The molecule has 2 aliphatic rings. The second-order valence-corrected chi connectivity index (χ2v) is 7.47. The van der Waals surface area contributed by atoms with Gasteiger partial charge in [0.2, 0.25) is 5.91 Å². The van der Waals surface area contributed by atoms with Crippen LogP contribution in [-0.2, 0) is 16.1 Å². The number of ether oxygens (including phenoxy) is 1. The first-order chi connectivity index (χ1) is 12.1. The van der Waals surface area contributed by atoms with Crippen LogP contribution < -0.4 is 0 Å². The van der Waals surface area contributed by atoms with Crippen LogP contribution in [0.1, 0.15) is 38.1 Å². The number of pyridine rings is 1. The van der Waals surface area contributed by atoms with Gasteiger partial charge in [0.25, 0.3) is 0 Å². The number of amides is 1. The van der Waals surface area contributed by atoms with E-state index in [1.807, 2.05) is 24.8 Å². The summed E-state index contributed by atoms with van der Waals surface area (Å²) in [6.45, 7) is 12.0. The van der Waals surface area contributed by atoms with Crippen LogP contribution in [-0.4, -0.2) is 60.1 Å². The van der Waals surface area contributed by atoms with E-state index in [0.717, 1.165) is 57.0 Å². The Morgan fingerprint density at radius 3 is 2.68 bits per heavy atom. The van der Waals surface area contributed by atoms with E-state index in [9.17, 15) is 4.79 Å². The lowest BCUT2D eigenvalue weighted by Crippen LogP contribution is -2.45. The number of rotatable bonds is 6. The van der Waals surface area contributed by atoms with Crippen molar-refractivity contribution in [2.24, 2.45) is 11.3 Å². The SMILES string of the molecule is CCOC[C@H]1C(=O)N(CC)CC12CCN(Cc1cccc(C)n1)CC2. The fourth-order valence-electron chi connectivity index (χ4n) is 4.38. The van der Waals surface area contributed by atoms with Gasteiger partial charge in [-0.05, 0) is 58.8 Å². The average molecular weight is 345 g/mol. The van der Waals surface area contributed by atoms with E-state index in [-0.39, 0.29) is 11.3 Å². The third-order valence-corrected chi connectivity index (χ3v) is 5.91. The Bertz CT molecular complexity index is 596. The van der Waals surface area contributed by atoms with E-state index in [1.54, 1.807) is 0 Å². The van der Waals surface area contributed by atoms with Gasteiger partial charge in [-0.1, -0.05) is 6.07 Å².